The lowest BCUT2D eigenvalue weighted by Gasteiger charge is -2.14. The van der Waals surface area contributed by atoms with Gasteiger partial charge in [0.25, 0.3) is 5.56 Å². The molecule has 0 bridgehead atoms. The SMILES string of the molecule is [N-]=[N+]=N[C@H]1C[C@H](n2ccc(=O)[nH]c2=O)O[C@@H]1CI. The maximum Gasteiger partial charge on any atom is 0.330 e. The number of nitrogens with zero attached hydrogens (tertiary/aromatic N) is 4. The first-order valence-electron chi connectivity index (χ1n) is 5.23. The number of ether oxygens (including phenoxy) is 1. The molecule has 8 nitrogen and oxygen atoms in total. The van der Waals surface area contributed by atoms with E-state index in [9.17, 15) is 9.59 Å². The Kier molecular flexibility index (Phi) is 4.04. The zero-order valence-electron chi connectivity index (χ0n) is 9.19. The van der Waals surface area contributed by atoms with Crippen molar-refractivity contribution < 1.29 is 4.74 Å². The molecule has 0 aliphatic carbocycles. The van der Waals surface area contributed by atoms with Crippen molar-refractivity contribution in [3.63, 3.8) is 0 Å². The van der Waals surface area contributed by atoms with Crippen molar-refractivity contribution in [3.8, 4) is 0 Å². The minimum Gasteiger partial charge on any atom is -0.353 e. The van der Waals surface area contributed by atoms with Gasteiger partial charge in [0.2, 0.25) is 0 Å². The molecule has 2 rings (SSSR count). The van der Waals surface area contributed by atoms with Crippen LogP contribution in [0.4, 0.5) is 0 Å². The van der Waals surface area contributed by atoms with Gasteiger partial charge in [0.15, 0.2) is 0 Å². The largest absolute Gasteiger partial charge is 0.353 e. The van der Waals surface area contributed by atoms with Crippen molar-refractivity contribution in [2.75, 3.05) is 4.43 Å². The van der Waals surface area contributed by atoms with Crippen LogP contribution in [0, 0.1) is 0 Å². The third-order valence-electron chi connectivity index (χ3n) is 2.72. The maximum absolute atomic E-state index is 11.6. The lowest BCUT2D eigenvalue weighted by molar-refractivity contribution is 0.00955. The highest BCUT2D eigenvalue weighted by atomic mass is 127. The van der Waals surface area contributed by atoms with E-state index in [0.29, 0.717) is 10.8 Å². The monoisotopic (exact) mass is 363 g/mol. The van der Waals surface area contributed by atoms with Crippen molar-refractivity contribution in [1.29, 1.82) is 0 Å². The van der Waals surface area contributed by atoms with Crippen LogP contribution >= 0.6 is 22.6 Å². The Labute approximate surface area is 115 Å². The van der Waals surface area contributed by atoms with E-state index in [-0.39, 0.29) is 12.1 Å². The number of rotatable bonds is 3. The van der Waals surface area contributed by atoms with Gasteiger partial charge in [0.1, 0.15) is 6.23 Å². The fourth-order valence-corrected chi connectivity index (χ4v) is 2.66. The van der Waals surface area contributed by atoms with Gasteiger partial charge >= 0.3 is 5.69 Å². The van der Waals surface area contributed by atoms with Crippen LogP contribution in [-0.4, -0.2) is 26.1 Å². The molecule has 1 aromatic heterocycles. The summed E-state index contributed by atoms with van der Waals surface area (Å²) in [6, 6.07) is 0.959. The number of alkyl halides is 1. The highest BCUT2D eigenvalue weighted by Gasteiger charge is 2.35. The second kappa shape index (κ2) is 5.55. The first-order chi connectivity index (χ1) is 8.65. The molecule has 0 unspecified atom stereocenters. The van der Waals surface area contributed by atoms with Crippen LogP contribution in [0.2, 0.25) is 0 Å². The fraction of sp³-hybridized carbons (Fsp3) is 0.556. The molecule has 0 amide bonds. The summed E-state index contributed by atoms with van der Waals surface area (Å²) in [5.74, 6) is 0. The van der Waals surface area contributed by atoms with Gasteiger partial charge in [-0.2, -0.15) is 0 Å². The Hall–Kier alpha value is -1.32. The van der Waals surface area contributed by atoms with Crippen molar-refractivity contribution in [3.05, 3.63) is 43.5 Å². The summed E-state index contributed by atoms with van der Waals surface area (Å²) >= 11 is 2.13. The lowest BCUT2D eigenvalue weighted by Crippen LogP contribution is -2.31. The average Bonchev–Trinajstić information content (AvgIpc) is 2.72. The van der Waals surface area contributed by atoms with Gasteiger partial charge in [-0.25, -0.2) is 4.79 Å². The fourth-order valence-electron chi connectivity index (χ4n) is 1.87. The molecule has 0 spiro atoms. The van der Waals surface area contributed by atoms with Crippen molar-refractivity contribution in [2.24, 2.45) is 5.11 Å². The van der Waals surface area contributed by atoms with E-state index in [0.717, 1.165) is 0 Å². The molecule has 0 aromatic carbocycles. The average molecular weight is 363 g/mol. The quantitative estimate of drug-likeness (QED) is 0.283. The Morgan fingerprint density at radius 2 is 2.44 bits per heavy atom. The first-order valence-corrected chi connectivity index (χ1v) is 6.75. The van der Waals surface area contributed by atoms with Crippen LogP contribution in [0.1, 0.15) is 12.6 Å². The topological polar surface area (TPSA) is 113 Å². The van der Waals surface area contributed by atoms with Crippen molar-refractivity contribution in [2.45, 2.75) is 24.8 Å². The van der Waals surface area contributed by atoms with Crippen LogP contribution in [0.5, 0.6) is 0 Å². The standard InChI is InChI=1S/C9H10IN5O3/c10-4-6-5(13-14-11)3-8(18-6)15-2-1-7(16)12-9(15)17/h1-2,5-6,8H,3-4H2,(H,12,16,17)/t5-,6+,8+/m0/s1. The summed E-state index contributed by atoms with van der Waals surface area (Å²) in [6.45, 7) is 0. The van der Waals surface area contributed by atoms with E-state index in [2.05, 4.69) is 37.6 Å². The Balaban J connectivity index is 2.28. The molecular weight excluding hydrogens is 353 g/mol. The Morgan fingerprint density at radius 1 is 1.67 bits per heavy atom. The van der Waals surface area contributed by atoms with Gasteiger partial charge in [-0.1, -0.05) is 27.7 Å². The van der Waals surface area contributed by atoms with Crippen LogP contribution in [0.15, 0.2) is 27.0 Å². The molecule has 1 aliphatic rings. The lowest BCUT2D eigenvalue weighted by atomic mass is 10.1. The summed E-state index contributed by atoms with van der Waals surface area (Å²) in [7, 11) is 0. The van der Waals surface area contributed by atoms with E-state index in [1.807, 2.05) is 0 Å². The zero-order chi connectivity index (χ0) is 13.1. The van der Waals surface area contributed by atoms with Gasteiger partial charge in [-0.15, -0.1) is 0 Å². The summed E-state index contributed by atoms with van der Waals surface area (Å²) in [4.78, 5) is 27.5. The number of halogens is 1. The third-order valence-corrected chi connectivity index (χ3v) is 3.59. The van der Waals surface area contributed by atoms with Crippen LogP contribution in [-0.2, 0) is 4.74 Å². The van der Waals surface area contributed by atoms with Gasteiger partial charge in [-0.05, 0) is 5.53 Å². The molecule has 1 N–H and O–H groups in total. The van der Waals surface area contributed by atoms with Gasteiger partial charge in [0.05, 0.1) is 12.1 Å². The highest BCUT2D eigenvalue weighted by Crippen LogP contribution is 2.30. The second-order valence-electron chi connectivity index (χ2n) is 3.81. The number of nitrogens with one attached hydrogen (secondary N) is 1. The van der Waals surface area contributed by atoms with E-state index < -0.39 is 17.5 Å². The normalized spacial score (nSPS) is 26.8. The van der Waals surface area contributed by atoms with Gasteiger partial charge in [-0.3, -0.25) is 14.3 Å². The van der Waals surface area contributed by atoms with Crippen LogP contribution in [0.25, 0.3) is 10.4 Å². The third kappa shape index (κ3) is 2.57. The molecule has 9 heteroatoms. The molecule has 0 radical (unpaired) electrons. The highest BCUT2D eigenvalue weighted by molar-refractivity contribution is 14.1. The summed E-state index contributed by atoms with van der Waals surface area (Å²) in [5, 5.41) is 3.66. The van der Waals surface area contributed by atoms with Crippen molar-refractivity contribution >= 4 is 22.6 Å². The summed E-state index contributed by atoms with van der Waals surface area (Å²) in [6.07, 6.45) is 1.08. The second-order valence-corrected chi connectivity index (χ2v) is 4.69. The molecule has 1 aromatic rings. The van der Waals surface area contributed by atoms with E-state index in [1.54, 1.807) is 0 Å². The molecular formula is C9H10IN5O3. The maximum atomic E-state index is 11.6. The minimum absolute atomic E-state index is 0.217. The van der Waals surface area contributed by atoms with Crippen molar-refractivity contribution in [1.82, 2.24) is 9.55 Å². The van der Waals surface area contributed by atoms with E-state index >= 15 is 0 Å². The van der Waals surface area contributed by atoms with E-state index in [1.165, 1.54) is 16.8 Å². The number of azide groups is 1. The molecule has 3 atom stereocenters. The number of H-pyrrole nitrogens is 1. The predicted molar refractivity (Wildman–Crippen MR) is 71.7 cm³/mol. The molecule has 1 aliphatic heterocycles. The molecule has 0 saturated carbocycles. The molecule has 96 valence electrons. The molecule has 2 heterocycles. The van der Waals surface area contributed by atoms with Gasteiger partial charge in [0, 0.05) is 28.0 Å². The number of hydrogen-bond donors (Lipinski definition) is 1. The number of hydrogen-bond acceptors (Lipinski definition) is 4. The zero-order valence-corrected chi connectivity index (χ0v) is 11.4. The van der Waals surface area contributed by atoms with Gasteiger partial charge < -0.3 is 4.74 Å². The Bertz CT molecular complexity index is 590. The summed E-state index contributed by atoms with van der Waals surface area (Å²) < 4.78 is 7.61. The molecule has 1 fully saturated rings. The number of aromatic nitrogens is 2. The summed E-state index contributed by atoms with van der Waals surface area (Å²) in [5.41, 5.74) is 7.49. The Morgan fingerprint density at radius 3 is 3.06 bits per heavy atom. The predicted octanol–water partition coefficient (Wildman–Crippen LogP) is 0.938. The van der Waals surface area contributed by atoms with Crippen LogP contribution < -0.4 is 11.2 Å². The van der Waals surface area contributed by atoms with Crippen LogP contribution in [0.3, 0.4) is 0 Å². The van der Waals surface area contributed by atoms with E-state index in [4.69, 9.17) is 10.3 Å². The molecule has 1 saturated heterocycles. The minimum atomic E-state index is -0.527. The first kappa shape index (κ1) is 13.1. The smallest absolute Gasteiger partial charge is 0.330 e. The molecule has 18 heavy (non-hydrogen) atoms. The number of aromatic amines is 1.